The molecule has 0 radical (unpaired) electrons. The van der Waals surface area contributed by atoms with Gasteiger partial charge in [0.25, 0.3) is 0 Å². The van der Waals surface area contributed by atoms with E-state index < -0.39 is 94.5 Å². The maximum Gasteiger partial charge on any atom is 0.417 e. The molecular formula is C16H4F10O4. The fourth-order valence-corrected chi connectivity index (χ4v) is 1.95. The zero-order valence-corrected chi connectivity index (χ0v) is 13.8. The zero-order chi connectivity index (χ0) is 22.9. The molecule has 0 bridgehead atoms. The summed E-state index contributed by atoms with van der Waals surface area (Å²) in [6.45, 7) is -3.30. The van der Waals surface area contributed by atoms with Crippen molar-refractivity contribution in [2.24, 2.45) is 0 Å². The van der Waals surface area contributed by atoms with Crippen molar-refractivity contribution in [2.75, 3.05) is 0 Å². The van der Waals surface area contributed by atoms with Crippen LogP contribution in [0.25, 0.3) is 0 Å². The molecule has 0 aliphatic rings. The molecule has 0 atom stereocenters. The Bertz CT molecular complexity index is 912. The molecule has 2 rings (SSSR count). The van der Waals surface area contributed by atoms with Crippen molar-refractivity contribution in [1.29, 1.82) is 0 Å². The molecule has 0 saturated carbocycles. The molecule has 2 aromatic rings. The number of benzene rings is 2. The van der Waals surface area contributed by atoms with E-state index in [1.165, 1.54) is 0 Å². The summed E-state index contributed by atoms with van der Waals surface area (Å²) in [6, 6.07) is 0. The number of halogens is 10. The lowest BCUT2D eigenvalue weighted by Gasteiger charge is -2.10. The van der Waals surface area contributed by atoms with Crippen LogP contribution >= 0.6 is 0 Å². The van der Waals surface area contributed by atoms with Gasteiger partial charge in [-0.05, 0) is 0 Å². The number of rotatable bonds is 4. The van der Waals surface area contributed by atoms with E-state index >= 15 is 0 Å². The van der Waals surface area contributed by atoms with Crippen molar-refractivity contribution < 1.29 is 63.0 Å². The molecule has 2 aromatic carbocycles. The molecule has 0 spiro atoms. The number of esters is 2. The molecule has 14 heteroatoms. The van der Waals surface area contributed by atoms with Crippen LogP contribution in [0.1, 0.15) is 11.1 Å². The van der Waals surface area contributed by atoms with E-state index in [0.717, 1.165) is 0 Å². The molecule has 0 fully saturated rings. The minimum Gasteiger partial charge on any atom is -0.452 e. The maximum atomic E-state index is 13.4. The first-order valence-electron chi connectivity index (χ1n) is 7.24. The third-order valence-electron chi connectivity index (χ3n) is 3.46. The predicted octanol–water partition coefficient (Wildman–Crippen LogP) is 3.86. The number of hydrogen-bond acceptors (Lipinski definition) is 4. The van der Waals surface area contributed by atoms with Gasteiger partial charge in [0.15, 0.2) is 46.5 Å². The lowest BCUT2D eigenvalue weighted by atomic mass is 10.2. The van der Waals surface area contributed by atoms with Gasteiger partial charge in [0, 0.05) is 0 Å². The zero-order valence-electron chi connectivity index (χ0n) is 13.8. The van der Waals surface area contributed by atoms with Crippen LogP contribution < -0.4 is 0 Å². The van der Waals surface area contributed by atoms with Crippen LogP contribution in [0.4, 0.5) is 43.9 Å². The summed E-state index contributed by atoms with van der Waals surface area (Å²) in [5, 5.41) is 0. The molecule has 0 amide bonds. The smallest absolute Gasteiger partial charge is 0.417 e. The van der Waals surface area contributed by atoms with Gasteiger partial charge in [0.2, 0.25) is 11.6 Å². The molecule has 0 saturated heterocycles. The summed E-state index contributed by atoms with van der Waals surface area (Å²) in [7, 11) is 0. The topological polar surface area (TPSA) is 52.6 Å². The van der Waals surface area contributed by atoms with Gasteiger partial charge in [-0.2, -0.15) is 0 Å². The van der Waals surface area contributed by atoms with E-state index in [1.807, 2.05) is 0 Å². The SMILES string of the molecule is O=C(OCc1c(F)c(F)c(F)c(F)c1F)C(=O)OCc1c(F)c(F)c(F)c(F)c1F. The minimum atomic E-state index is -2.50. The van der Waals surface area contributed by atoms with Crippen molar-refractivity contribution in [3.05, 3.63) is 69.3 Å². The molecular weight excluding hydrogens is 446 g/mol. The normalized spacial score (nSPS) is 10.9. The van der Waals surface area contributed by atoms with Gasteiger partial charge in [0.05, 0.1) is 11.1 Å². The van der Waals surface area contributed by atoms with Crippen molar-refractivity contribution in [3.8, 4) is 0 Å². The number of carbonyl (C=O) groups is 2. The lowest BCUT2D eigenvalue weighted by molar-refractivity contribution is -0.169. The van der Waals surface area contributed by atoms with E-state index in [0.29, 0.717) is 0 Å². The van der Waals surface area contributed by atoms with Gasteiger partial charge in [-0.25, -0.2) is 53.5 Å². The van der Waals surface area contributed by atoms with Gasteiger partial charge in [-0.3, -0.25) is 0 Å². The van der Waals surface area contributed by atoms with Crippen LogP contribution in [0.15, 0.2) is 0 Å². The Morgan fingerprint density at radius 2 is 0.633 bits per heavy atom. The van der Waals surface area contributed by atoms with E-state index in [2.05, 4.69) is 9.47 Å². The largest absolute Gasteiger partial charge is 0.452 e. The first-order chi connectivity index (χ1) is 13.9. The molecule has 0 aliphatic carbocycles. The van der Waals surface area contributed by atoms with E-state index in [1.54, 1.807) is 0 Å². The second kappa shape index (κ2) is 8.59. The highest BCUT2D eigenvalue weighted by atomic mass is 19.2. The fraction of sp³-hybridized carbons (Fsp3) is 0.125. The fourth-order valence-electron chi connectivity index (χ4n) is 1.95. The molecule has 0 unspecified atom stereocenters. The van der Waals surface area contributed by atoms with Gasteiger partial charge < -0.3 is 9.47 Å². The van der Waals surface area contributed by atoms with E-state index in [-0.39, 0.29) is 0 Å². The Morgan fingerprint density at radius 3 is 0.867 bits per heavy atom. The quantitative estimate of drug-likeness (QED) is 0.234. The van der Waals surface area contributed by atoms with Crippen LogP contribution in [0.3, 0.4) is 0 Å². The Balaban J connectivity index is 2.10. The van der Waals surface area contributed by atoms with Gasteiger partial charge >= 0.3 is 11.9 Å². The highest BCUT2D eigenvalue weighted by molar-refractivity contribution is 6.29. The van der Waals surface area contributed by atoms with E-state index in [9.17, 15) is 53.5 Å². The second-order valence-corrected chi connectivity index (χ2v) is 5.25. The predicted molar refractivity (Wildman–Crippen MR) is 72.1 cm³/mol. The molecule has 0 heterocycles. The summed E-state index contributed by atoms with van der Waals surface area (Å²) >= 11 is 0. The first kappa shape index (κ1) is 23.0. The third-order valence-corrected chi connectivity index (χ3v) is 3.46. The average Bonchev–Trinajstić information content (AvgIpc) is 2.73. The Labute approximate surface area is 158 Å². The highest BCUT2D eigenvalue weighted by Gasteiger charge is 2.29. The number of carbonyl (C=O) groups excluding carboxylic acids is 2. The van der Waals surface area contributed by atoms with Gasteiger partial charge in [0.1, 0.15) is 13.2 Å². The molecule has 4 nitrogen and oxygen atoms in total. The monoisotopic (exact) mass is 450 g/mol. The van der Waals surface area contributed by atoms with Crippen molar-refractivity contribution in [2.45, 2.75) is 13.2 Å². The van der Waals surface area contributed by atoms with Gasteiger partial charge in [-0.1, -0.05) is 0 Å². The van der Waals surface area contributed by atoms with E-state index in [4.69, 9.17) is 0 Å². The number of hydrogen-bond donors (Lipinski definition) is 0. The van der Waals surface area contributed by atoms with Crippen molar-refractivity contribution >= 4 is 11.9 Å². The molecule has 0 N–H and O–H groups in total. The van der Waals surface area contributed by atoms with Crippen LogP contribution in [-0.2, 0) is 32.3 Å². The van der Waals surface area contributed by atoms with Crippen LogP contribution in [0.2, 0.25) is 0 Å². The average molecular weight is 450 g/mol. The molecule has 30 heavy (non-hydrogen) atoms. The summed E-state index contributed by atoms with van der Waals surface area (Å²) in [4.78, 5) is 22.7. The van der Waals surface area contributed by atoms with Crippen molar-refractivity contribution in [1.82, 2.24) is 0 Å². The molecule has 0 aliphatic heterocycles. The first-order valence-corrected chi connectivity index (χ1v) is 7.24. The summed E-state index contributed by atoms with van der Waals surface area (Å²) < 4.78 is 139. The standard InChI is InChI=1S/C16H4F10O4/c17-5-3(6(18)10(22)13(25)9(5)21)1-29-15(27)16(28)30-2-4-7(19)11(23)14(26)12(24)8(4)20/h1-2H2. The highest BCUT2D eigenvalue weighted by Crippen LogP contribution is 2.25. The van der Waals surface area contributed by atoms with Crippen molar-refractivity contribution in [3.63, 3.8) is 0 Å². The Kier molecular flexibility index (Phi) is 6.57. The van der Waals surface area contributed by atoms with Crippen LogP contribution in [0, 0.1) is 58.2 Å². The summed E-state index contributed by atoms with van der Waals surface area (Å²) in [5.74, 6) is -28.2. The maximum absolute atomic E-state index is 13.4. The Hall–Kier alpha value is -3.32. The van der Waals surface area contributed by atoms with Gasteiger partial charge in [-0.15, -0.1) is 0 Å². The summed E-state index contributed by atoms with van der Waals surface area (Å²) in [6.07, 6.45) is 0. The lowest BCUT2D eigenvalue weighted by Crippen LogP contribution is -2.22. The Morgan fingerprint density at radius 1 is 0.433 bits per heavy atom. The summed E-state index contributed by atoms with van der Waals surface area (Å²) in [5.41, 5.74) is -3.26. The number of ether oxygens (including phenoxy) is 2. The van der Waals surface area contributed by atoms with Crippen LogP contribution in [-0.4, -0.2) is 11.9 Å². The van der Waals surface area contributed by atoms with Crippen LogP contribution in [0.5, 0.6) is 0 Å². The second-order valence-electron chi connectivity index (χ2n) is 5.25. The molecule has 0 aromatic heterocycles. The third kappa shape index (κ3) is 4.02. The minimum absolute atomic E-state index is 1.63. The molecule has 162 valence electrons.